The number of rotatable bonds is 4. The second-order valence-corrected chi connectivity index (χ2v) is 7.89. The number of para-hydroxylation sites is 1. The fourth-order valence-electron chi connectivity index (χ4n) is 3.32. The van der Waals surface area contributed by atoms with Gasteiger partial charge in [0.25, 0.3) is 5.91 Å². The van der Waals surface area contributed by atoms with Crippen LogP contribution in [-0.4, -0.2) is 44.5 Å². The molecule has 0 saturated carbocycles. The number of carbonyl (C=O) groups is 2. The fourth-order valence-corrected chi connectivity index (χ4v) is 4.74. The van der Waals surface area contributed by atoms with Crippen molar-refractivity contribution in [1.82, 2.24) is 10.2 Å². The average Bonchev–Trinajstić information content (AvgIpc) is 2.65. The standard InChI is InChI=1S/C19H19Br2N3O3/c1-22-16(25)10-24-15-7-5-4-6-12(15)19(26)23(2)18(24)13-8-11(20)9-14(21)17(13)27-3/h4-9,18H,10H2,1-3H3,(H,22,25). The van der Waals surface area contributed by atoms with Crippen LogP contribution >= 0.6 is 31.9 Å². The molecule has 0 spiro atoms. The summed E-state index contributed by atoms with van der Waals surface area (Å²) in [5, 5.41) is 2.66. The number of amides is 2. The Balaban J connectivity index is 2.23. The molecule has 2 aromatic carbocycles. The van der Waals surface area contributed by atoms with E-state index in [4.69, 9.17) is 4.74 Å². The SMILES string of the molecule is CNC(=O)CN1c2ccccc2C(=O)N(C)C1c1cc(Br)cc(Br)c1OC. The van der Waals surface area contributed by atoms with E-state index in [9.17, 15) is 9.59 Å². The van der Waals surface area contributed by atoms with Gasteiger partial charge < -0.3 is 19.9 Å². The number of hydrogen-bond acceptors (Lipinski definition) is 4. The van der Waals surface area contributed by atoms with Gasteiger partial charge in [0.2, 0.25) is 5.91 Å². The molecule has 0 saturated heterocycles. The number of nitrogens with zero attached hydrogens (tertiary/aromatic N) is 2. The van der Waals surface area contributed by atoms with Crippen molar-refractivity contribution in [1.29, 1.82) is 0 Å². The predicted molar refractivity (Wildman–Crippen MR) is 111 cm³/mol. The van der Waals surface area contributed by atoms with E-state index in [1.165, 1.54) is 0 Å². The lowest BCUT2D eigenvalue weighted by Crippen LogP contribution is -2.50. The van der Waals surface area contributed by atoms with Crippen LogP contribution in [0.5, 0.6) is 5.75 Å². The highest BCUT2D eigenvalue weighted by Gasteiger charge is 2.39. The Hall–Kier alpha value is -2.06. The maximum Gasteiger partial charge on any atom is 0.257 e. The zero-order valence-electron chi connectivity index (χ0n) is 15.1. The van der Waals surface area contributed by atoms with Crippen LogP contribution in [0.15, 0.2) is 45.3 Å². The van der Waals surface area contributed by atoms with Crippen LogP contribution in [0.4, 0.5) is 5.69 Å². The van der Waals surface area contributed by atoms with Crippen molar-refractivity contribution in [3.05, 3.63) is 56.5 Å². The van der Waals surface area contributed by atoms with Crippen LogP contribution in [-0.2, 0) is 4.79 Å². The van der Waals surface area contributed by atoms with E-state index in [-0.39, 0.29) is 18.4 Å². The Morgan fingerprint density at radius 2 is 1.96 bits per heavy atom. The van der Waals surface area contributed by atoms with Gasteiger partial charge in [-0.1, -0.05) is 28.1 Å². The Labute approximate surface area is 174 Å². The van der Waals surface area contributed by atoms with Crippen molar-refractivity contribution in [2.24, 2.45) is 0 Å². The summed E-state index contributed by atoms with van der Waals surface area (Å²) in [4.78, 5) is 28.8. The molecular formula is C19H19Br2N3O3. The van der Waals surface area contributed by atoms with Crippen LogP contribution in [0, 0.1) is 0 Å². The summed E-state index contributed by atoms with van der Waals surface area (Å²) in [6.45, 7) is 0.100. The number of anilines is 1. The lowest BCUT2D eigenvalue weighted by Gasteiger charge is -2.44. The summed E-state index contributed by atoms with van der Waals surface area (Å²) in [7, 11) is 4.91. The topological polar surface area (TPSA) is 61.9 Å². The van der Waals surface area contributed by atoms with E-state index >= 15 is 0 Å². The third-order valence-electron chi connectivity index (χ3n) is 4.54. The molecule has 1 N–H and O–H groups in total. The van der Waals surface area contributed by atoms with Crippen LogP contribution in [0.2, 0.25) is 0 Å². The van der Waals surface area contributed by atoms with Crippen LogP contribution in [0.3, 0.4) is 0 Å². The molecule has 1 aliphatic heterocycles. The minimum atomic E-state index is -0.506. The summed E-state index contributed by atoms with van der Waals surface area (Å²) in [6, 6.07) is 11.1. The Kier molecular flexibility index (Phi) is 5.76. The molecule has 0 bridgehead atoms. The summed E-state index contributed by atoms with van der Waals surface area (Å²) in [6.07, 6.45) is -0.506. The number of ether oxygens (including phenoxy) is 1. The van der Waals surface area contributed by atoms with Crippen molar-refractivity contribution in [3.8, 4) is 5.75 Å². The summed E-state index contributed by atoms with van der Waals surface area (Å²) in [5.74, 6) is 0.358. The third-order valence-corrected chi connectivity index (χ3v) is 5.59. The molecule has 1 atom stereocenters. The van der Waals surface area contributed by atoms with Crippen molar-refractivity contribution < 1.29 is 14.3 Å². The molecule has 142 valence electrons. The lowest BCUT2D eigenvalue weighted by atomic mass is 10.0. The molecule has 8 heteroatoms. The van der Waals surface area contributed by atoms with Gasteiger partial charge in [0.1, 0.15) is 11.9 Å². The first-order valence-corrected chi connectivity index (χ1v) is 9.84. The number of benzene rings is 2. The molecule has 27 heavy (non-hydrogen) atoms. The molecule has 0 aliphatic carbocycles. The van der Waals surface area contributed by atoms with Crippen molar-refractivity contribution in [2.75, 3.05) is 32.6 Å². The smallest absolute Gasteiger partial charge is 0.257 e. The van der Waals surface area contributed by atoms with Gasteiger partial charge in [-0.05, 0) is 40.2 Å². The molecule has 3 rings (SSSR count). The Morgan fingerprint density at radius 3 is 2.63 bits per heavy atom. The molecule has 1 unspecified atom stereocenters. The van der Waals surface area contributed by atoms with Crippen molar-refractivity contribution in [3.63, 3.8) is 0 Å². The predicted octanol–water partition coefficient (Wildman–Crippen LogP) is 3.56. The number of methoxy groups -OCH3 is 1. The maximum absolute atomic E-state index is 13.0. The van der Waals surface area contributed by atoms with Crippen LogP contribution in [0.1, 0.15) is 22.1 Å². The zero-order valence-corrected chi connectivity index (χ0v) is 18.3. The number of likely N-dealkylation sites (N-methyl/N-ethyl adjacent to an activating group) is 1. The van der Waals surface area contributed by atoms with Crippen molar-refractivity contribution in [2.45, 2.75) is 6.17 Å². The number of fused-ring (bicyclic) bond motifs is 1. The number of carbonyl (C=O) groups excluding carboxylic acids is 2. The second-order valence-electron chi connectivity index (χ2n) is 6.12. The van der Waals surface area contributed by atoms with E-state index in [0.717, 1.165) is 14.5 Å². The molecule has 2 aromatic rings. The molecule has 2 amide bonds. The van der Waals surface area contributed by atoms with E-state index in [1.54, 1.807) is 32.2 Å². The fraction of sp³-hybridized carbons (Fsp3) is 0.263. The maximum atomic E-state index is 13.0. The molecule has 0 fully saturated rings. The first kappa shape index (κ1) is 19.7. The Morgan fingerprint density at radius 1 is 1.26 bits per heavy atom. The number of hydrogen-bond donors (Lipinski definition) is 1. The van der Waals surface area contributed by atoms with Gasteiger partial charge in [-0.25, -0.2) is 0 Å². The summed E-state index contributed by atoms with van der Waals surface area (Å²) < 4.78 is 7.20. The highest BCUT2D eigenvalue weighted by Crippen LogP contribution is 2.44. The van der Waals surface area contributed by atoms with E-state index in [0.29, 0.717) is 17.0 Å². The van der Waals surface area contributed by atoms with E-state index < -0.39 is 6.17 Å². The molecule has 6 nitrogen and oxygen atoms in total. The summed E-state index contributed by atoms with van der Waals surface area (Å²) >= 11 is 7.03. The van der Waals surface area contributed by atoms with Gasteiger partial charge in [-0.3, -0.25) is 9.59 Å². The largest absolute Gasteiger partial charge is 0.495 e. The van der Waals surface area contributed by atoms with Crippen LogP contribution < -0.4 is 15.0 Å². The quantitative estimate of drug-likeness (QED) is 0.703. The molecular weight excluding hydrogens is 478 g/mol. The number of nitrogens with one attached hydrogen (secondary N) is 1. The van der Waals surface area contributed by atoms with Gasteiger partial charge in [0, 0.05) is 24.1 Å². The van der Waals surface area contributed by atoms with Crippen molar-refractivity contribution >= 4 is 49.4 Å². The number of halogens is 2. The third kappa shape index (κ3) is 3.55. The summed E-state index contributed by atoms with van der Waals surface area (Å²) in [5.41, 5.74) is 2.05. The second kappa shape index (κ2) is 7.90. The monoisotopic (exact) mass is 495 g/mol. The van der Waals surface area contributed by atoms with E-state index in [1.807, 2.05) is 35.2 Å². The molecule has 0 radical (unpaired) electrons. The van der Waals surface area contributed by atoms with Gasteiger partial charge in [-0.2, -0.15) is 0 Å². The van der Waals surface area contributed by atoms with Gasteiger partial charge in [0.05, 0.1) is 29.4 Å². The highest BCUT2D eigenvalue weighted by atomic mass is 79.9. The first-order chi connectivity index (χ1) is 12.9. The average molecular weight is 497 g/mol. The molecule has 1 heterocycles. The molecule has 0 aromatic heterocycles. The Bertz CT molecular complexity index is 904. The molecule has 1 aliphatic rings. The normalized spacial score (nSPS) is 16.2. The minimum Gasteiger partial charge on any atom is -0.495 e. The van der Waals surface area contributed by atoms with Gasteiger partial charge >= 0.3 is 0 Å². The zero-order chi connectivity index (χ0) is 19.7. The van der Waals surface area contributed by atoms with E-state index in [2.05, 4.69) is 37.2 Å². The van der Waals surface area contributed by atoms with Gasteiger partial charge in [-0.15, -0.1) is 0 Å². The first-order valence-electron chi connectivity index (χ1n) is 8.25. The van der Waals surface area contributed by atoms with Gasteiger partial charge in [0.15, 0.2) is 0 Å². The highest BCUT2D eigenvalue weighted by molar-refractivity contribution is 9.11. The minimum absolute atomic E-state index is 0.100. The van der Waals surface area contributed by atoms with Crippen LogP contribution in [0.25, 0.3) is 0 Å². The lowest BCUT2D eigenvalue weighted by molar-refractivity contribution is -0.119.